The largest absolute Gasteiger partial charge is 0.253 e. The predicted molar refractivity (Wildman–Crippen MR) is 61.2 cm³/mol. The van der Waals surface area contributed by atoms with Crippen LogP contribution in [-0.4, -0.2) is 19.6 Å². The number of pyridine rings is 2. The zero-order valence-corrected chi connectivity index (χ0v) is 8.96. The van der Waals surface area contributed by atoms with Crippen LogP contribution in [0, 0.1) is 0 Å². The van der Waals surface area contributed by atoms with E-state index in [1.165, 1.54) is 0 Å². The first-order chi connectivity index (χ1) is 7.84. The Morgan fingerprint density at radius 2 is 2.00 bits per heavy atom. The molecule has 0 radical (unpaired) electrons. The van der Waals surface area contributed by atoms with E-state index in [9.17, 15) is 0 Å². The molecule has 3 aromatic rings. The number of hydrogen-bond donors (Lipinski definition) is 0. The van der Waals surface area contributed by atoms with E-state index in [4.69, 9.17) is 11.6 Å². The monoisotopic (exact) mass is 230 g/mol. The van der Waals surface area contributed by atoms with Crippen molar-refractivity contribution in [3.05, 3.63) is 47.7 Å². The number of fused-ring (bicyclic) bond motifs is 1. The molecule has 0 fully saturated rings. The van der Waals surface area contributed by atoms with Crippen LogP contribution in [0.25, 0.3) is 17.2 Å². The maximum atomic E-state index is 6.00. The van der Waals surface area contributed by atoms with Crippen molar-refractivity contribution < 1.29 is 0 Å². The minimum atomic E-state index is 0.534. The van der Waals surface area contributed by atoms with Gasteiger partial charge in [-0.2, -0.15) is 0 Å². The molecule has 0 atom stereocenters. The van der Waals surface area contributed by atoms with E-state index in [1.807, 2.05) is 30.3 Å². The Labute approximate surface area is 96.5 Å². The summed E-state index contributed by atoms with van der Waals surface area (Å²) in [5.74, 6) is 0.578. The summed E-state index contributed by atoms with van der Waals surface area (Å²) in [6.07, 6.45) is 1.71. The Balaban J connectivity index is 2.23. The van der Waals surface area contributed by atoms with Crippen LogP contribution in [0.15, 0.2) is 42.6 Å². The average molecular weight is 231 g/mol. The summed E-state index contributed by atoms with van der Waals surface area (Å²) >= 11 is 6.00. The zero-order valence-electron chi connectivity index (χ0n) is 8.21. The molecule has 0 bridgehead atoms. The van der Waals surface area contributed by atoms with Gasteiger partial charge in [-0.1, -0.05) is 23.7 Å². The Bertz CT molecular complexity index is 633. The summed E-state index contributed by atoms with van der Waals surface area (Å²) in [5, 5.41) is 4.83. The van der Waals surface area contributed by atoms with Crippen molar-refractivity contribution in [3.8, 4) is 11.5 Å². The first-order valence-corrected chi connectivity index (χ1v) is 5.15. The van der Waals surface area contributed by atoms with Crippen molar-refractivity contribution in [3.63, 3.8) is 0 Å². The molecule has 16 heavy (non-hydrogen) atoms. The number of aromatic nitrogens is 4. The summed E-state index contributed by atoms with van der Waals surface area (Å²) in [6, 6.07) is 11.1. The lowest BCUT2D eigenvalue weighted by Crippen LogP contribution is -1.88. The van der Waals surface area contributed by atoms with Gasteiger partial charge < -0.3 is 0 Å². The van der Waals surface area contributed by atoms with Gasteiger partial charge in [0.1, 0.15) is 10.8 Å². The maximum absolute atomic E-state index is 6.00. The molecule has 3 heterocycles. The lowest BCUT2D eigenvalue weighted by Gasteiger charge is -1.92. The molecule has 3 rings (SSSR count). The second-order valence-electron chi connectivity index (χ2n) is 3.27. The third kappa shape index (κ3) is 1.44. The van der Waals surface area contributed by atoms with Crippen LogP contribution < -0.4 is 0 Å². The van der Waals surface area contributed by atoms with Crippen molar-refractivity contribution in [2.75, 3.05) is 0 Å². The van der Waals surface area contributed by atoms with Gasteiger partial charge >= 0.3 is 0 Å². The van der Waals surface area contributed by atoms with Crippen molar-refractivity contribution in [2.45, 2.75) is 0 Å². The van der Waals surface area contributed by atoms with Crippen LogP contribution in [0.5, 0.6) is 0 Å². The number of hydrogen-bond acceptors (Lipinski definition) is 3. The highest BCUT2D eigenvalue weighted by molar-refractivity contribution is 6.29. The molecule has 78 valence electrons. The summed E-state index contributed by atoms with van der Waals surface area (Å²) in [4.78, 5) is 8.54. The lowest BCUT2D eigenvalue weighted by atomic mass is 10.3. The molecule has 0 saturated heterocycles. The first kappa shape index (κ1) is 9.30. The Morgan fingerprint density at radius 1 is 1.06 bits per heavy atom. The van der Waals surface area contributed by atoms with Crippen molar-refractivity contribution >= 4 is 17.2 Å². The zero-order chi connectivity index (χ0) is 11.0. The summed E-state index contributed by atoms with van der Waals surface area (Å²) in [5.41, 5.74) is 1.45. The second kappa shape index (κ2) is 3.57. The number of halogens is 1. The molecule has 0 aliphatic rings. The molecule has 0 aliphatic heterocycles. The van der Waals surface area contributed by atoms with Gasteiger partial charge in [-0.3, -0.25) is 4.98 Å². The Kier molecular flexibility index (Phi) is 2.08. The van der Waals surface area contributed by atoms with E-state index in [0.29, 0.717) is 16.6 Å². The van der Waals surface area contributed by atoms with Crippen LogP contribution in [-0.2, 0) is 0 Å². The van der Waals surface area contributed by atoms with Crippen LogP contribution in [0.4, 0.5) is 0 Å². The van der Waals surface area contributed by atoms with E-state index in [-0.39, 0.29) is 0 Å². The van der Waals surface area contributed by atoms with E-state index in [2.05, 4.69) is 15.1 Å². The summed E-state index contributed by atoms with van der Waals surface area (Å²) in [6.45, 7) is 0. The van der Waals surface area contributed by atoms with E-state index in [0.717, 1.165) is 5.69 Å². The highest BCUT2D eigenvalue weighted by atomic mass is 35.5. The van der Waals surface area contributed by atoms with Crippen molar-refractivity contribution in [1.82, 2.24) is 19.6 Å². The fourth-order valence-electron chi connectivity index (χ4n) is 1.48. The van der Waals surface area contributed by atoms with Crippen LogP contribution in [0.3, 0.4) is 0 Å². The molecule has 5 heteroatoms. The first-order valence-electron chi connectivity index (χ1n) is 4.77. The summed E-state index contributed by atoms with van der Waals surface area (Å²) in [7, 11) is 0. The summed E-state index contributed by atoms with van der Waals surface area (Å²) < 4.78 is 1.59. The third-order valence-electron chi connectivity index (χ3n) is 2.21. The maximum Gasteiger partial charge on any atom is 0.200 e. The molecular formula is C11H7ClN4. The van der Waals surface area contributed by atoms with E-state index < -0.39 is 0 Å². The van der Waals surface area contributed by atoms with E-state index in [1.54, 1.807) is 16.8 Å². The molecule has 4 nitrogen and oxygen atoms in total. The van der Waals surface area contributed by atoms with Gasteiger partial charge in [0.2, 0.25) is 5.82 Å². The Hall–Kier alpha value is -1.94. The smallest absolute Gasteiger partial charge is 0.200 e. The Morgan fingerprint density at radius 3 is 2.75 bits per heavy atom. The molecule has 0 aliphatic carbocycles. The highest BCUT2D eigenvalue weighted by Crippen LogP contribution is 2.16. The number of rotatable bonds is 1. The van der Waals surface area contributed by atoms with Crippen molar-refractivity contribution in [2.24, 2.45) is 0 Å². The molecule has 0 amide bonds. The molecule has 0 N–H and O–H groups in total. The normalized spacial score (nSPS) is 10.8. The molecular weight excluding hydrogens is 224 g/mol. The van der Waals surface area contributed by atoms with Gasteiger partial charge in [-0.15, -0.1) is 5.10 Å². The SMILES string of the molecule is Clc1cccc2nc(-c3ccccn3)nn12. The van der Waals surface area contributed by atoms with Crippen molar-refractivity contribution in [1.29, 1.82) is 0 Å². The van der Waals surface area contributed by atoms with Crippen LogP contribution >= 0.6 is 11.6 Å². The molecule has 0 unspecified atom stereocenters. The molecule has 3 aromatic heterocycles. The van der Waals surface area contributed by atoms with Gasteiger partial charge in [0.25, 0.3) is 0 Å². The van der Waals surface area contributed by atoms with Gasteiger partial charge in [-0.05, 0) is 24.3 Å². The number of nitrogens with zero attached hydrogens (tertiary/aromatic N) is 4. The minimum absolute atomic E-state index is 0.534. The molecule has 0 aromatic carbocycles. The fraction of sp³-hybridized carbons (Fsp3) is 0. The molecule has 0 spiro atoms. The predicted octanol–water partition coefficient (Wildman–Crippen LogP) is 2.44. The topological polar surface area (TPSA) is 43.1 Å². The van der Waals surface area contributed by atoms with Gasteiger partial charge in [0, 0.05) is 6.20 Å². The second-order valence-corrected chi connectivity index (χ2v) is 3.66. The van der Waals surface area contributed by atoms with Crippen LogP contribution in [0.1, 0.15) is 0 Å². The lowest BCUT2D eigenvalue weighted by molar-refractivity contribution is 0.963. The average Bonchev–Trinajstić information content (AvgIpc) is 2.76. The molecule has 0 saturated carbocycles. The van der Waals surface area contributed by atoms with Gasteiger partial charge in [-0.25, -0.2) is 9.50 Å². The highest BCUT2D eigenvalue weighted by Gasteiger charge is 2.07. The quantitative estimate of drug-likeness (QED) is 0.603. The van der Waals surface area contributed by atoms with Gasteiger partial charge in [0.15, 0.2) is 5.65 Å². The van der Waals surface area contributed by atoms with Crippen LogP contribution in [0.2, 0.25) is 5.15 Å². The third-order valence-corrected chi connectivity index (χ3v) is 2.49. The van der Waals surface area contributed by atoms with E-state index >= 15 is 0 Å². The fourth-order valence-corrected chi connectivity index (χ4v) is 1.67. The minimum Gasteiger partial charge on any atom is -0.253 e. The van der Waals surface area contributed by atoms with Gasteiger partial charge in [0.05, 0.1) is 0 Å². The standard InChI is InChI=1S/C11H7ClN4/c12-9-5-3-6-10-14-11(15-16(9)10)8-4-1-2-7-13-8/h1-7H.